The molecule has 12 saturated heterocycles. The second-order valence-electron chi connectivity index (χ2n) is 37.4. The fourth-order valence-corrected chi connectivity index (χ4v) is 18.8. The number of urea groups is 6. The Morgan fingerprint density at radius 3 is 0.699 bits per heavy atom. The fourth-order valence-electron chi connectivity index (χ4n) is 16.5. The van der Waals surface area contributed by atoms with E-state index < -0.39 is 207 Å². The molecule has 72 heteroatoms. The third kappa shape index (κ3) is 36.2. The molecule has 12 aliphatic rings. The van der Waals surface area contributed by atoms with Crippen LogP contribution >= 0.6 is 0 Å². The molecule has 12 aliphatic heterocycles. The van der Waals surface area contributed by atoms with Crippen molar-refractivity contribution in [2.45, 2.75) is 275 Å². The highest BCUT2D eigenvalue weighted by Crippen LogP contribution is 2.38. The third-order valence-corrected chi connectivity index (χ3v) is 27.3. The molecule has 18 atom stereocenters. The van der Waals surface area contributed by atoms with Gasteiger partial charge in [-0.3, -0.25) is 85.1 Å². The summed E-state index contributed by atoms with van der Waals surface area (Å²) in [6, 6.07) is -13.3. The van der Waals surface area contributed by atoms with Crippen LogP contribution in [0.25, 0.3) is 0 Å². The van der Waals surface area contributed by atoms with E-state index in [2.05, 4.69) is 74.5 Å². The number of piperidine rings is 6. The van der Waals surface area contributed by atoms with Crippen LogP contribution in [0.3, 0.4) is 0 Å². The summed E-state index contributed by atoms with van der Waals surface area (Å²) in [6.45, 7) is 23.5. The van der Waals surface area contributed by atoms with Crippen molar-refractivity contribution in [3.05, 3.63) is 0 Å². The summed E-state index contributed by atoms with van der Waals surface area (Å²) in [5.41, 5.74) is 31.0. The van der Waals surface area contributed by atoms with Crippen LogP contribution in [-0.4, -0.2) is 418 Å². The average Bonchev–Trinajstić information content (AvgIpc) is 1.66. The first-order valence-electron chi connectivity index (χ1n) is 46.2. The normalized spacial score (nSPS) is 25.1. The molecule has 0 aromatic carbocycles. The van der Waals surface area contributed by atoms with Crippen LogP contribution in [0.5, 0.6) is 0 Å². The molecule has 0 spiro atoms. The summed E-state index contributed by atoms with van der Waals surface area (Å²) in [5, 5.41) is 12.7. The lowest BCUT2D eigenvalue weighted by Crippen LogP contribution is -2.50. The number of carbonyl (C=O) groups excluding carboxylic acids is 12. The van der Waals surface area contributed by atoms with Crippen LogP contribution in [0.15, 0.2) is 0 Å². The number of carbonyl (C=O) groups is 12. The van der Waals surface area contributed by atoms with Gasteiger partial charge >= 0.3 is 98.6 Å². The maximum atomic E-state index is 12.3. The standard InChI is InChI=1S/3C13H24N4O7S.2C12H22N4O7S.C11H20N4O7S/c1-13(2,3)10(14)7-23-15-11(18)9-5-4-8-6-16(9)12(19)17(8)24-25(20,21)22;2*1-8(2)10(14-3)7-23-15-12(18)11-5-4-9-6-16(11)13(19)17(9)24-25(20,21)22;1-7(2)9(13)6-22-14-11(17)10-4-3-8-5-15(10)12(18)16(8)23-24(19,20)21;1-3-8(13-2)7-22-14-11(17)10-5-4-9-6-15(10)12(18)16(9)23-24(19,20)21;1-2-7(12)6-21-13-10(16)9-4-3-8-5-14(9)11(17)15(8)22-23(18,19)20/h8-10H,4-7,14H2,1-3H3,(H,15,18)(H,20,21,22);2*8-11,14H,4-7H2,1-3H3,(H,15,18)(H,20,21,22);7-10H,3-6,13H2,1-2H3,(H,14,17)(H,19,20,21);8-10,13H,3-7H2,1-2H3,(H,14,17)(H,19,20,21);7-9H,2-6,12H2,1H3,(H,13,16)(H,18,19,20)/t8-,9+,10?;2*9-,10?,11+;8-,9?,10+;8?,9-,10+;7?,8-,9+/m111111/s1. The minimum absolute atomic E-state index is 0.0584. The molecule has 18 amide bonds. The van der Waals surface area contributed by atoms with Crippen molar-refractivity contribution < 1.29 is 190 Å². The van der Waals surface area contributed by atoms with Gasteiger partial charge < -0.3 is 62.6 Å². The molecule has 0 saturated carbocycles. The van der Waals surface area contributed by atoms with E-state index in [1.54, 1.807) is 21.1 Å². The maximum absolute atomic E-state index is 12.3. The van der Waals surface area contributed by atoms with Crippen molar-refractivity contribution in [3.63, 3.8) is 0 Å². The number of likely N-dealkylation sites (N-methyl/N-ethyl adjacent to an activating group) is 3. The van der Waals surface area contributed by atoms with Crippen molar-refractivity contribution in [2.24, 2.45) is 40.4 Å². The molecular formula is C74H136N24O42S6. The van der Waals surface area contributed by atoms with E-state index >= 15 is 0 Å². The van der Waals surface area contributed by atoms with Crippen LogP contribution in [0, 0.1) is 23.2 Å². The molecular weight excluding hydrogens is 2090 g/mol. The lowest BCUT2D eigenvalue weighted by molar-refractivity contribution is -0.140. The number of fused-ring (bicyclic) bond motifs is 12. The van der Waals surface area contributed by atoms with Gasteiger partial charge in [0.05, 0.1) is 75.9 Å². The molecule has 21 N–H and O–H groups in total. The number of rotatable bonds is 44. The van der Waals surface area contributed by atoms with E-state index in [0.29, 0.717) is 126 Å². The summed E-state index contributed by atoms with van der Waals surface area (Å²) in [5.74, 6) is -2.22. The van der Waals surface area contributed by atoms with Crippen LogP contribution in [0.1, 0.15) is 166 Å². The molecule has 12 rings (SSSR count). The fraction of sp³-hybridized carbons (Fsp3) is 0.838. The van der Waals surface area contributed by atoms with Crippen LogP contribution in [0.2, 0.25) is 0 Å². The Labute approximate surface area is 843 Å². The summed E-state index contributed by atoms with van der Waals surface area (Å²) in [7, 11) is -23.5. The minimum Gasteiger partial charge on any atom is -0.326 e. The molecule has 6 unspecified atom stereocenters. The summed E-state index contributed by atoms with van der Waals surface area (Å²) in [6.07, 6.45) is 5.58. The monoisotopic (exact) mass is 2220 g/mol. The summed E-state index contributed by atoms with van der Waals surface area (Å²) < 4.78 is 208. The molecule has 146 heavy (non-hydrogen) atoms. The van der Waals surface area contributed by atoms with Crippen LogP contribution in [0.4, 0.5) is 28.8 Å². The predicted molar refractivity (Wildman–Crippen MR) is 492 cm³/mol. The highest BCUT2D eigenvalue weighted by molar-refractivity contribution is 7.82. The van der Waals surface area contributed by atoms with Gasteiger partial charge in [-0.05, 0) is 134 Å². The van der Waals surface area contributed by atoms with Crippen molar-refractivity contribution in [3.8, 4) is 0 Å². The van der Waals surface area contributed by atoms with Gasteiger partial charge in [-0.15, -0.1) is 25.7 Å². The molecule has 0 aromatic rings. The number of nitrogens with one attached hydrogen (secondary N) is 9. The summed E-state index contributed by atoms with van der Waals surface area (Å²) >= 11 is 0. The van der Waals surface area contributed by atoms with Gasteiger partial charge in [0.25, 0.3) is 35.4 Å². The zero-order valence-corrected chi connectivity index (χ0v) is 87.3. The summed E-state index contributed by atoms with van der Waals surface area (Å²) in [4.78, 5) is 184. The average molecular weight is 2230 g/mol. The Morgan fingerprint density at radius 2 is 0.521 bits per heavy atom. The van der Waals surface area contributed by atoms with Crippen molar-refractivity contribution in [1.29, 1.82) is 0 Å². The highest BCUT2D eigenvalue weighted by atomic mass is 32.3. The second kappa shape index (κ2) is 53.7. The van der Waals surface area contributed by atoms with Gasteiger partial charge in [0.2, 0.25) is 0 Å². The van der Waals surface area contributed by atoms with Gasteiger partial charge in [-0.1, -0.05) is 76.2 Å². The number of hydrogen-bond acceptors (Lipinski definition) is 42. The lowest BCUT2D eigenvalue weighted by atomic mass is 9.88. The lowest BCUT2D eigenvalue weighted by Gasteiger charge is -2.30. The van der Waals surface area contributed by atoms with E-state index in [1.165, 1.54) is 29.4 Å². The minimum atomic E-state index is -4.82. The van der Waals surface area contributed by atoms with E-state index in [1.807, 2.05) is 76.2 Å². The number of amides is 18. The predicted octanol–water partition coefficient (Wildman–Crippen LogP) is -5.20. The van der Waals surface area contributed by atoms with Crippen molar-refractivity contribution in [1.82, 2.24) is 109 Å². The first-order chi connectivity index (χ1) is 67.8. The quantitative estimate of drug-likeness (QED) is 0.0200. The van der Waals surface area contributed by atoms with Crippen LogP contribution in [-0.2, 0) is 146 Å². The van der Waals surface area contributed by atoms with Crippen LogP contribution < -0.4 is 66.0 Å². The Balaban J connectivity index is 0.000000237. The highest BCUT2D eigenvalue weighted by Gasteiger charge is 2.56. The molecule has 66 nitrogen and oxygen atoms in total. The number of hydrogen-bond donors (Lipinski definition) is 18. The van der Waals surface area contributed by atoms with Gasteiger partial charge in [0.15, 0.2) is 0 Å². The molecule has 0 aliphatic carbocycles. The first-order valence-corrected chi connectivity index (χ1v) is 54.3. The van der Waals surface area contributed by atoms with Gasteiger partial charge in [-0.2, -0.15) is 80.9 Å². The van der Waals surface area contributed by atoms with Gasteiger partial charge in [0.1, 0.15) is 36.3 Å². The molecule has 12 heterocycles. The van der Waals surface area contributed by atoms with E-state index in [-0.39, 0.29) is 126 Å². The Bertz CT molecular complexity index is 4900. The largest absolute Gasteiger partial charge is 0.418 e. The number of hydroxylamine groups is 18. The SMILES string of the molecule is CC(C)(C)C(N)CONC(=O)[C@@H]1CC[C@@H]2CN1C(=O)N2OS(=O)(=O)O.CC(C)C(N)CONC(=O)[C@@H]1CC[C@@H]2CN1C(=O)N2OS(=O)(=O)O.CCC(CONC(=O)[C@@H]1CC[C@@H]2CN1C(=O)N2OS(=O)(=O)O)NC.CCC(N)CONC(=O)[C@@H]1CC[C@@H]2CN1C(=O)N2OS(=O)(=O)O.CNC(CONC(=O)[C@@H]1CC[C@@H]2CN1C(=O)N2OS(=O)(=O)O)C(C)C.CNC(CONC(=O)[C@@H]1CC[C@@H]2CN1C(=O)N2OS(=O)(=O)O)C(C)C. The maximum Gasteiger partial charge on any atom is 0.418 e. The van der Waals surface area contributed by atoms with Gasteiger partial charge in [-0.25, -0.2) is 61.6 Å². The molecule has 840 valence electrons. The Kier molecular flexibility index (Phi) is 45.7. The Hall–Kier alpha value is -8.82. The second-order valence-corrected chi connectivity index (χ2v) is 43.5. The third-order valence-electron chi connectivity index (χ3n) is 25.2. The number of nitrogens with two attached hydrogens (primary N) is 3. The molecule has 12 fully saturated rings. The van der Waals surface area contributed by atoms with E-state index in [0.717, 1.165) is 6.42 Å². The van der Waals surface area contributed by atoms with Crippen molar-refractivity contribution >= 4 is 134 Å². The van der Waals surface area contributed by atoms with Gasteiger partial charge in [0, 0.05) is 75.5 Å². The molecule has 0 aromatic heterocycles. The van der Waals surface area contributed by atoms with E-state index in [4.69, 9.17) is 73.5 Å². The zero-order valence-electron chi connectivity index (χ0n) is 82.4. The number of nitrogens with zero attached hydrogens (tertiary/aromatic N) is 12. The molecule has 0 radical (unpaired) electrons. The smallest absolute Gasteiger partial charge is 0.326 e. The molecule has 12 bridgehead atoms. The van der Waals surface area contributed by atoms with E-state index in [9.17, 15) is 108 Å². The Morgan fingerprint density at radius 1 is 0.315 bits per heavy atom. The zero-order chi connectivity index (χ0) is 110. The topological polar surface area (TPSA) is 867 Å². The first kappa shape index (κ1) is 124. The van der Waals surface area contributed by atoms with Crippen molar-refractivity contribution in [2.75, 3.05) is 100 Å².